The zero-order valence-electron chi connectivity index (χ0n) is 12.6. The third-order valence-electron chi connectivity index (χ3n) is 3.94. The molecule has 1 atom stereocenters. The minimum Gasteiger partial charge on any atom is -0.496 e. The molecule has 0 radical (unpaired) electrons. The van der Waals surface area contributed by atoms with E-state index < -0.39 is 11.5 Å². The molecule has 2 N–H and O–H groups in total. The summed E-state index contributed by atoms with van der Waals surface area (Å²) >= 11 is 6.69. The van der Waals surface area contributed by atoms with Gasteiger partial charge in [0.1, 0.15) is 5.75 Å². The highest BCUT2D eigenvalue weighted by Crippen LogP contribution is 2.44. The van der Waals surface area contributed by atoms with E-state index in [1.807, 2.05) is 0 Å². The maximum atomic E-state index is 12.7. The highest BCUT2D eigenvalue weighted by Gasteiger charge is 2.48. The van der Waals surface area contributed by atoms with Crippen molar-refractivity contribution in [2.45, 2.75) is 12.0 Å². The maximum Gasteiger partial charge on any atom is 0.261 e. The summed E-state index contributed by atoms with van der Waals surface area (Å²) < 4.78 is 6.49. The number of ether oxygens (including phenoxy) is 1. The number of halogens is 2. The first-order valence-corrected chi connectivity index (χ1v) is 8.65. The molecule has 0 saturated heterocycles. The van der Waals surface area contributed by atoms with E-state index in [4.69, 9.17) is 4.74 Å². The van der Waals surface area contributed by atoms with Crippen molar-refractivity contribution in [3.63, 3.8) is 0 Å². The fourth-order valence-electron chi connectivity index (χ4n) is 2.74. The summed E-state index contributed by atoms with van der Waals surface area (Å²) in [4.78, 5) is 25.0. The minimum absolute atomic E-state index is 0.323. The molecule has 0 spiro atoms. The van der Waals surface area contributed by atoms with Crippen LogP contribution in [-0.4, -0.2) is 23.9 Å². The zero-order valence-corrected chi connectivity index (χ0v) is 15.8. The number of Topliss-reactive ketones (excluding diaryl/α,β-unsaturated/α-hetero) is 1. The van der Waals surface area contributed by atoms with E-state index in [1.54, 1.807) is 36.4 Å². The molecule has 0 aromatic heterocycles. The van der Waals surface area contributed by atoms with Gasteiger partial charge >= 0.3 is 0 Å². The lowest BCUT2D eigenvalue weighted by Gasteiger charge is -2.21. The van der Waals surface area contributed by atoms with Crippen molar-refractivity contribution in [3.8, 4) is 5.75 Å². The summed E-state index contributed by atoms with van der Waals surface area (Å²) in [6.07, 6.45) is -0.380. The van der Waals surface area contributed by atoms with Crippen LogP contribution in [0.1, 0.15) is 22.3 Å². The average molecular weight is 455 g/mol. The van der Waals surface area contributed by atoms with Crippen LogP contribution in [-0.2, 0) is 10.4 Å². The van der Waals surface area contributed by atoms with Crippen LogP contribution in [0.2, 0.25) is 0 Å². The molecule has 1 amide bonds. The Kier molecular flexibility index (Phi) is 4.50. The van der Waals surface area contributed by atoms with Gasteiger partial charge in [-0.1, -0.05) is 28.1 Å². The molecule has 0 unspecified atom stereocenters. The van der Waals surface area contributed by atoms with Gasteiger partial charge in [0.05, 0.1) is 24.8 Å². The maximum absolute atomic E-state index is 12.7. The number of nitrogens with one attached hydrogen (secondary N) is 1. The first-order chi connectivity index (χ1) is 11.4. The predicted octanol–water partition coefficient (Wildman–Crippen LogP) is 3.63. The van der Waals surface area contributed by atoms with E-state index in [-0.39, 0.29) is 12.2 Å². The number of methoxy groups -OCH3 is 1. The minimum atomic E-state index is -1.93. The molecular formula is C17H13Br2NO4. The molecule has 2 aromatic rings. The second-order valence-electron chi connectivity index (χ2n) is 5.42. The fourth-order valence-corrected chi connectivity index (χ4v) is 4.07. The number of fused-ring (bicyclic) bond motifs is 1. The lowest BCUT2D eigenvalue weighted by molar-refractivity contribution is -0.133. The first-order valence-electron chi connectivity index (χ1n) is 7.06. The zero-order chi connectivity index (χ0) is 17.5. The molecular weight excluding hydrogens is 442 g/mol. The Bertz CT molecular complexity index is 852. The Morgan fingerprint density at radius 1 is 1.29 bits per heavy atom. The van der Waals surface area contributed by atoms with E-state index in [2.05, 4.69) is 37.2 Å². The molecule has 3 rings (SSSR count). The van der Waals surface area contributed by atoms with Gasteiger partial charge in [-0.15, -0.1) is 0 Å². The number of amides is 1. The Balaban J connectivity index is 2.01. The summed E-state index contributed by atoms with van der Waals surface area (Å²) in [5.41, 5.74) is -0.779. The highest BCUT2D eigenvalue weighted by molar-refractivity contribution is 9.11. The van der Waals surface area contributed by atoms with Gasteiger partial charge in [-0.3, -0.25) is 9.59 Å². The van der Waals surface area contributed by atoms with E-state index >= 15 is 0 Å². The quantitative estimate of drug-likeness (QED) is 0.691. The van der Waals surface area contributed by atoms with Crippen molar-refractivity contribution in [1.29, 1.82) is 0 Å². The van der Waals surface area contributed by atoms with Crippen molar-refractivity contribution in [1.82, 2.24) is 0 Å². The largest absolute Gasteiger partial charge is 0.496 e. The fraction of sp³-hybridized carbons (Fsp3) is 0.176. The molecule has 124 valence electrons. The van der Waals surface area contributed by atoms with E-state index in [0.29, 0.717) is 31.5 Å². The second kappa shape index (κ2) is 6.31. The third kappa shape index (κ3) is 2.76. The first kappa shape index (κ1) is 17.1. The van der Waals surface area contributed by atoms with Gasteiger partial charge in [-0.25, -0.2) is 0 Å². The van der Waals surface area contributed by atoms with Crippen molar-refractivity contribution in [2.75, 3.05) is 12.4 Å². The molecule has 2 aromatic carbocycles. The van der Waals surface area contributed by atoms with Gasteiger partial charge in [-0.05, 0) is 40.2 Å². The van der Waals surface area contributed by atoms with E-state index in [9.17, 15) is 14.7 Å². The monoisotopic (exact) mass is 453 g/mol. The van der Waals surface area contributed by atoms with Crippen LogP contribution in [0.25, 0.3) is 0 Å². The number of benzene rings is 2. The molecule has 24 heavy (non-hydrogen) atoms. The number of para-hydroxylation sites is 1. The van der Waals surface area contributed by atoms with E-state index in [1.165, 1.54) is 7.11 Å². The molecule has 7 heteroatoms. The Morgan fingerprint density at radius 3 is 2.71 bits per heavy atom. The summed E-state index contributed by atoms with van der Waals surface area (Å²) in [5.74, 6) is -0.603. The van der Waals surface area contributed by atoms with Gasteiger partial charge in [-0.2, -0.15) is 0 Å². The Labute approximate surface area is 155 Å². The normalized spacial score (nSPS) is 18.9. The summed E-state index contributed by atoms with van der Waals surface area (Å²) in [7, 11) is 1.46. The van der Waals surface area contributed by atoms with Crippen LogP contribution in [0.3, 0.4) is 0 Å². The van der Waals surface area contributed by atoms with Crippen molar-refractivity contribution in [2.24, 2.45) is 0 Å². The molecule has 0 bridgehead atoms. The van der Waals surface area contributed by atoms with Gasteiger partial charge in [0.2, 0.25) is 0 Å². The molecule has 1 aliphatic heterocycles. The number of rotatable bonds is 4. The van der Waals surface area contributed by atoms with E-state index in [0.717, 1.165) is 0 Å². The van der Waals surface area contributed by atoms with Crippen LogP contribution in [0.5, 0.6) is 5.75 Å². The van der Waals surface area contributed by atoms with Crippen molar-refractivity contribution < 1.29 is 19.4 Å². The number of ketones is 1. The van der Waals surface area contributed by atoms with Crippen molar-refractivity contribution in [3.05, 3.63) is 56.5 Å². The Hall–Kier alpha value is -1.70. The summed E-state index contributed by atoms with van der Waals surface area (Å²) in [6, 6.07) is 10.1. The molecule has 0 saturated carbocycles. The molecule has 1 aliphatic rings. The molecule has 1 heterocycles. The van der Waals surface area contributed by atoms with Gasteiger partial charge in [0.25, 0.3) is 5.91 Å². The van der Waals surface area contributed by atoms with Gasteiger partial charge in [0.15, 0.2) is 11.4 Å². The van der Waals surface area contributed by atoms with Crippen LogP contribution in [0.15, 0.2) is 45.3 Å². The molecule has 0 aliphatic carbocycles. The van der Waals surface area contributed by atoms with Crippen LogP contribution in [0, 0.1) is 0 Å². The molecule has 5 nitrogen and oxygen atoms in total. The SMILES string of the molecule is COc1ccccc1C(=O)C[C@]1(O)C(=O)Nc2c(Br)cc(Br)cc21. The number of hydrogen-bond donors (Lipinski definition) is 2. The van der Waals surface area contributed by atoms with Gasteiger partial charge < -0.3 is 15.2 Å². The van der Waals surface area contributed by atoms with Gasteiger partial charge in [0, 0.05) is 14.5 Å². The van der Waals surface area contributed by atoms with Crippen LogP contribution >= 0.6 is 31.9 Å². The average Bonchev–Trinajstić information content (AvgIpc) is 2.79. The highest BCUT2D eigenvalue weighted by atomic mass is 79.9. The number of carbonyl (C=O) groups is 2. The third-order valence-corrected chi connectivity index (χ3v) is 5.02. The second-order valence-corrected chi connectivity index (χ2v) is 7.19. The Morgan fingerprint density at radius 2 is 2.00 bits per heavy atom. The molecule has 0 fully saturated rings. The van der Waals surface area contributed by atoms with Crippen LogP contribution < -0.4 is 10.1 Å². The standard InChI is InChI=1S/C17H13Br2NO4/c1-24-14-5-3-2-4-10(14)13(21)8-17(23)11-6-9(18)7-12(19)15(11)20-16(17)22/h2-7,23H,8H2,1H3,(H,20,22)/t17-/m1/s1. The summed E-state index contributed by atoms with van der Waals surface area (Å²) in [5, 5.41) is 13.6. The number of aliphatic hydroxyl groups is 1. The lowest BCUT2D eigenvalue weighted by Crippen LogP contribution is -2.36. The lowest BCUT2D eigenvalue weighted by atomic mass is 9.88. The van der Waals surface area contributed by atoms with Crippen molar-refractivity contribution >= 4 is 49.2 Å². The number of hydrogen-bond acceptors (Lipinski definition) is 4. The smallest absolute Gasteiger partial charge is 0.261 e. The number of anilines is 1. The topological polar surface area (TPSA) is 75.6 Å². The summed E-state index contributed by atoms with van der Waals surface area (Å²) in [6.45, 7) is 0. The predicted molar refractivity (Wildman–Crippen MR) is 96.3 cm³/mol. The number of carbonyl (C=O) groups excluding carboxylic acids is 2. The van der Waals surface area contributed by atoms with Crippen LogP contribution in [0.4, 0.5) is 5.69 Å².